The molecule has 0 radical (unpaired) electrons. The van der Waals surface area contributed by atoms with Crippen LogP contribution in [0.5, 0.6) is 0 Å². The average molecular weight is 313 g/mol. The summed E-state index contributed by atoms with van der Waals surface area (Å²) in [6.07, 6.45) is 0. The summed E-state index contributed by atoms with van der Waals surface area (Å²) >= 11 is 0. The third-order valence-corrected chi connectivity index (χ3v) is 3.76. The number of hydrogen-bond donors (Lipinski definition) is 1. The van der Waals surface area contributed by atoms with E-state index < -0.39 is 4.92 Å². The fourth-order valence-corrected chi connectivity index (χ4v) is 2.20. The molecule has 0 saturated heterocycles. The smallest absolute Gasteiger partial charge is 0.271 e. The van der Waals surface area contributed by atoms with Gasteiger partial charge in [0.05, 0.1) is 17.5 Å². The molecule has 2 aromatic carbocycles. The lowest BCUT2D eigenvalue weighted by molar-refractivity contribution is -0.384. The first-order chi connectivity index (χ1) is 11.0. The third-order valence-electron chi connectivity index (χ3n) is 3.76. The molecule has 0 heterocycles. The largest absolute Gasteiger partial charge is 0.376 e. The Bertz CT molecular complexity index is 688. The van der Waals surface area contributed by atoms with Gasteiger partial charge >= 0.3 is 0 Å². The molecule has 0 aliphatic heterocycles. The van der Waals surface area contributed by atoms with E-state index in [1.807, 2.05) is 37.3 Å². The third kappa shape index (κ3) is 4.29. The first-order valence-electron chi connectivity index (χ1n) is 7.28. The number of likely N-dealkylation sites (N-methyl/N-ethyl adjacent to an activating group) is 1. The van der Waals surface area contributed by atoms with Crippen LogP contribution in [-0.4, -0.2) is 29.3 Å². The van der Waals surface area contributed by atoms with Gasteiger partial charge in [-0.05, 0) is 18.6 Å². The molecule has 1 N–H and O–H groups in total. The molecule has 2 aromatic rings. The molecule has 1 amide bonds. The molecule has 6 heteroatoms. The predicted octanol–water partition coefficient (Wildman–Crippen LogP) is 3.23. The molecule has 2 rings (SSSR count). The number of benzene rings is 2. The first kappa shape index (κ1) is 16.5. The van der Waals surface area contributed by atoms with E-state index in [0.29, 0.717) is 5.69 Å². The van der Waals surface area contributed by atoms with Crippen LogP contribution in [-0.2, 0) is 4.79 Å². The normalized spacial score (nSPS) is 11.6. The number of carbonyl (C=O) groups is 1. The maximum Gasteiger partial charge on any atom is 0.271 e. The van der Waals surface area contributed by atoms with E-state index in [1.54, 1.807) is 24.1 Å². The van der Waals surface area contributed by atoms with Gasteiger partial charge in [0.2, 0.25) is 5.91 Å². The second-order valence-electron chi connectivity index (χ2n) is 5.25. The Balaban J connectivity index is 1.96. The maximum absolute atomic E-state index is 12.3. The van der Waals surface area contributed by atoms with Gasteiger partial charge in [0.25, 0.3) is 5.69 Å². The van der Waals surface area contributed by atoms with Crippen molar-refractivity contribution in [1.29, 1.82) is 0 Å². The average Bonchev–Trinajstić information content (AvgIpc) is 2.59. The zero-order valence-electron chi connectivity index (χ0n) is 13.1. The van der Waals surface area contributed by atoms with Gasteiger partial charge in [-0.15, -0.1) is 0 Å². The van der Waals surface area contributed by atoms with Gasteiger partial charge in [0.15, 0.2) is 0 Å². The monoisotopic (exact) mass is 313 g/mol. The molecular weight excluding hydrogens is 294 g/mol. The number of rotatable bonds is 6. The van der Waals surface area contributed by atoms with Crippen molar-refractivity contribution < 1.29 is 9.72 Å². The number of nitro benzene ring substituents is 1. The molecule has 0 bridgehead atoms. The Morgan fingerprint density at radius 1 is 1.22 bits per heavy atom. The van der Waals surface area contributed by atoms with Crippen molar-refractivity contribution in [2.75, 3.05) is 18.9 Å². The molecule has 0 saturated carbocycles. The van der Waals surface area contributed by atoms with Gasteiger partial charge in [-0.2, -0.15) is 0 Å². The standard InChI is InChI=1S/C17H19N3O3/c1-13(14-7-4-3-5-8-14)19(2)17(21)12-18-15-9-6-10-16(11-15)20(22)23/h3-11,13,18H,12H2,1-2H3/t13-/m0/s1. The van der Waals surface area contributed by atoms with E-state index >= 15 is 0 Å². The first-order valence-corrected chi connectivity index (χ1v) is 7.28. The van der Waals surface area contributed by atoms with Crippen LogP contribution in [0.4, 0.5) is 11.4 Å². The van der Waals surface area contributed by atoms with Gasteiger partial charge in [0.1, 0.15) is 0 Å². The Hall–Kier alpha value is -2.89. The molecule has 120 valence electrons. The van der Waals surface area contributed by atoms with Gasteiger partial charge < -0.3 is 10.2 Å². The SMILES string of the molecule is C[C@@H](c1ccccc1)N(C)C(=O)CNc1cccc([N+](=O)[O-])c1. The van der Waals surface area contributed by atoms with Gasteiger partial charge in [0, 0.05) is 24.9 Å². The highest BCUT2D eigenvalue weighted by molar-refractivity contribution is 5.81. The van der Waals surface area contributed by atoms with Crippen molar-refractivity contribution in [2.45, 2.75) is 13.0 Å². The van der Waals surface area contributed by atoms with Gasteiger partial charge in [-0.3, -0.25) is 14.9 Å². The lowest BCUT2D eigenvalue weighted by Gasteiger charge is -2.25. The number of nitro groups is 1. The Labute approximate surface area is 134 Å². The van der Waals surface area contributed by atoms with Gasteiger partial charge in [-0.1, -0.05) is 36.4 Å². The van der Waals surface area contributed by atoms with Crippen molar-refractivity contribution in [3.8, 4) is 0 Å². The fraction of sp³-hybridized carbons (Fsp3) is 0.235. The second kappa shape index (κ2) is 7.40. The lowest BCUT2D eigenvalue weighted by Crippen LogP contribution is -2.34. The van der Waals surface area contributed by atoms with Gasteiger partial charge in [-0.25, -0.2) is 0 Å². The summed E-state index contributed by atoms with van der Waals surface area (Å²) in [6.45, 7) is 2.04. The minimum atomic E-state index is -0.462. The Morgan fingerprint density at radius 2 is 1.91 bits per heavy atom. The van der Waals surface area contributed by atoms with Crippen molar-refractivity contribution >= 4 is 17.3 Å². The summed E-state index contributed by atoms with van der Waals surface area (Å²) in [4.78, 5) is 24.2. The summed E-state index contributed by atoms with van der Waals surface area (Å²) < 4.78 is 0. The van der Waals surface area contributed by atoms with E-state index in [2.05, 4.69) is 5.32 Å². The minimum absolute atomic E-state index is 0.00606. The Morgan fingerprint density at radius 3 is 2.57 bits per heavy atom. The van der Waals surface area contributed by atoms with E-state index in [-0.39, 0.29) is 24.2 Å². The van der Waals surface area contributed by atoms with Crippen LogP contribution in [0.15, 0.2) is 54.6 Å². The number of amides is 1. The number of carbonyl (C=O) groups excluding carboxylic acids is 1. The highest BCUT2D eigenvalue weighted by Gasteiger charge is 2.17. The molecule has 0 fully saturated rings. The zero-order chi connectivity index (χ0) is 16.8. The van der Waals surface area contributed by atoms with Crippen molar-refractivity contribution in [3.05, 3.63) is 70.3 Å². The van der Waals surface area contributed by atoms with Crippen LogP contribution in [0.25, 0.3) is 0 Å². The molecule has 1 atom stereocenters. The number of hydrogen-bond acceptors (Lipinski definition) is 4. The summed E-state index contributed by atoms with van der Waals surface area (Å²) in [5.41, 5.74) is 1.60. The van der Waals surface area contributed by atoms with Crippen LogP contribution in [0.3, 0.4) is 0 Å². The highest BCUT2D eigenvalue weighted by atomic mass is 16.6. The molecular formula is C17H19N3O3. The van der Waals surface area contributed by atoms with Crippen molar-refractivity contribution in [2.24, 2.45) is 0 Å². The topological polar surface area (TPSA) is 75.5 Å². The van der Waals surface area contributed by atoms with Crippen LogP contribution in [0.2, 0.25) is 0 Å². The number of nitrogens with one attached hydrogen (secondary N) is 1. The molecule has 23 heavy (non-hydrogen) atoms. The van der Waals surface area contributed by atoms with E-state index in [4.69, 9.17) is 0 Å². The summed E-state index contributed by atoms with van der Waals surface area (Å²) in [5.74, 6) is -0.0899. The molecule has 0 unspecified atom stereocenters. The van der Waals surface area contributed by atoms with E-state index in [9.17, 15) is 14.9 Å². The van der Waals surface area contributed by atoms with E-state index in [1.165, 1.54) is 12.1 Å². The fourth-order valence-electron chi connectivity index (χ4n) is 2.20. The summed E-state index contributed by atoms with van der Waals surface area (Å²) in [5, 5.41) is 13.7. The molecule has 0 aromatic heterocycles. The Kier molecular flexibility index (Phi) is 5.30. The number of nitrogens with zero attached hydrogens (tertiary/aromatic N) is 2. The molecule has 0 aliphatic rings. The van der Waals surface area contributed by atoms with Crippen LogP contribution < -0.4 is 5.32 Å². The number of non-ortho nitro benzene ring substituents is 1. The number of anilines is 1. The molecule has 0 spiro atoms. The molecule has 0 aliphatic carbocycles. The van der Waals surface area contributed by atoms with Crippen molar-refractivity contribution in [3.63, 3.8) is 0 Å². The highest BCUT2D eigenvalue weighted by Crippen LogP contribution is 2.19. The maximum atomic E-state index is 12.3. The van der Waals surface area contributed by atoms with Crippen LogP contribution in [0.1, 0.15) is 18.5 Å². The predicted molar refractivity (Wildman–Crippen MR) is 89.2 cm³/mol. The van der Waals surface area contributed by atoms with Crippen LogP contribution >= 0.6 is 0 Å². The molecule has 6 nitrogen and oxygen atoms in total. The summed E-state index contributed by atoms with van der Waals surface area (Å²) in [6, 6.07) is 15.8. The second-order valence-corrected chi connectivity index (χ2v) is 5.25. The summed E-state index contributed by atoms with van der Waals surface area (Å²) in [7, 11) is 1.75. The van der Waals surface area contributed by atoms with Crippen molar-refractivity contribution in [1.82, 2.24) is 4.90 Å². The van der Waals surface area contributed by atoms with Crippen LogP contribution in [0, 0.1) is 10.1 Å². The van der Waals surface area contributed by atoms with E-state index in [0.717, 1.165) is 5.56 Å². The lowest BCUT2D eigenvalue weighted by atomic mass is 10.1. The quantitative estimate of drug-likeness (QED) is 0.656. The minimum Gasteiger partial charge on any atom is -0.376 e. The zero-order valence-corrected chi connectivity index (χ0v) is 13.1.